The van der Waals surface area contributed by atoms with Crippen LogP contribution < -0.4 is 5.32 Å². The Kier molecular flexibility index (Phi) is 5.82. The molecular formula is C18H23N3O2. The van der Waals surface area contributed by atoms with Crippen LogP contribution in [0, 0.1) is 13.8 Å². The molecule has 0 aliphatic carbocycles. The van der Waals surface area contributed by atoms with Crippen LogP contribution in [0.1, 0.15) is 46.7 Å². The van der Waals surface area contributed by atoms with Crippen molar-refractivity contribution >= 4 is 5.91 Å². The lowest BCUT2D eigenvalue weighted by Crippen LogP contribution is -2.30. The minimum atomic E-state index is -0.429. The molecule has 122 valence electrons. The average Bonchev–Trinajstić information content (AvgIpc) is 2.51. The summed E-state index contributed by atoms with van der Waals surface area (Å²) < 4.78 is 0. The Hall–Kier alpha value is -2.27. The maximum absolute atomic E-state index is 12.3. The van der Waals surface area contributed by atoms with Gasteiger partial charge in [0, 0.05) is 18.7 Å². The third-order valence-electron chi connectivity index (χ3n) is 3.75. The summed E-state index contributed by atoms with van der Waals surface area (Å²) in [7, 11) is 0. The first kappa shape index (κ1) is 17.1. The molecule has 1 amide bonds. The fourth-order valence-corrected chi connectivity index (χ4v) is 2.59. The zero-order valence-electron chi connectivity index (χ0n) is 13.8. The highest BCUT2D eigenvalue weighted by Crippen LogP contribution is 2.20. The number of aliphatic hydroxyl groups excluding tert-OH is 1. The number of hydrogen-bond acceptors (Lipinski definition) is 4. The fourth-order valence-electron chi connectivity index (χ4n) is 2.59. The van der Waals surface area contributed by atoms with Gasteiger partial charge >= 0.3 is 0 Å². The van der Waals surface area contributed by atoms with Gasteiger partial charge in [0.15, 0.2) is 0 Å². The van der Waals surface area contributed by atoms with Gasteiger partial charge in [0.25, 0.3) is 5.91 Å². The molecule has 5 heteroatoms. The second-order valence-electron chi connectivity index (χ2n) is 5.82. The van der Waals surface area contributed by atoms with Gasteiger partial charge in [-0.1, -0.05) is 30.3 Å². The molecule has 1 heterocycles. The van der Waals surface area contributed by atoms with Crippen LogP contribution in [0.2, 0.25) is 0 Å². The molecule has 2 atom stereocenters. The van der Waals surface area contributed by atoms with Gasteiger partial charge in [0.1, 0.15) is 5.82 Å². The summed E-state index contributed by atoms with van der Waals surface area (Å²) in [4.78, 5) is 20.6. The van der Waals surface area contributed by atoms with Crippen LogP contribution >= 0.6 is 0 Å². The number of aliphatic hydroxyl groups is 1. The summed E-state index contributed by atoms with van der Waals surface area (Å²) >= 11 is 0. The van der Waals surface area contributed by atoms with Gasteiger partial charge in [-0.25, -0.2) is 9.97 Å². The van der Waals surface area contributed by atoms with Gasteiger partial charge in [-0.3, -0.25) is 4.79 Å². The highest BCUT2D eigenvalue weighted by atomic mass is 16.3. The van der Waals surface area contributed by atoms with Crippen LogP contribution in [0.5, 0.6) is 0 Å². The van der Waals surface area contributed by atoms with Crippen molar-refractivity contribution in [2.24, 2.45) is 0 Å². The summed E-state index contributed by atoms with van der Waals surface area (Å²) in [6.07, 6.45) is 1.72. The van der Waals surface area contributed by atoms with E-state index in [1.807, 2.05) is 30.3 Å². The summed E-state index contributed by atoms with van der Waals surface area (Å²) in [5.41, 5.74) is 2.26. The largest absolute Gasteiger partial charge is 0.393 e. The minimum Gasteiger partial charge on any atom is -0.393 e. The first-order chi connectivity index (χ1) is 11.0. The predicted molar refractivity (Wildman–Crippen MR) is 89.3 cm³/mol. The molecule has 0 bridgehead atoms. The number of hydrogen-bond donors (Lipinski definition) is 2. The molecule has 0 spiro atoms. The molecule has 0 fully saturated rings. The highest BCUT2D eigenvalue weighted by Gasteiger charge is 2.17. The Morgan fingerprint density at radius 3 is 2.57 bits per heavy atom. The molecule has 23 heavy (non-hydrogen) atoms. The van der Waals surface area contributed by atoms with E-state index in [0.29, 0.717) is 30.0 Å². The number of amides is 1. The molecule has 2 rings (SSSR count). The second kappa shape index (κ2) is 7.83. The summed E-state index contributed by atoms with van der Waals surface area (Å²) in [5, 5.41) is 12.6. The van der Waals surface area contributed by atoms with Crippen LogP contribution in [0.15, 0.2) is 36.5 Å². The molecule has 0 aliphatic rings. The number of aromatic nitrogens is 2. The van der Waals surface area contributed by atoms with Gasteiger partial charge in [0.2, 0.25) is 0 Å². The molecule has 2 aromatic rings. The number of rotatable bonds is 6. The van der Waals surface area contributed by atoms with Gasteiger partial charge in [-0.2, -0.15) is 0 Å². The number of carbonyl (C=O) groups excluding carboxylic acids is 1. The topological polar surface area (TPSA) is 75.1 Å². The standard InChI is InChI=1S/C18H23N3O2/c1-12(22)9-16(15-7-5-4-6-8-15)10-20-18(23)17-11-19-14(3)21-13(17)2/h4-8,11-12,16,22H,9-10H2,1-3H3,(H,20,23). The van der Waals surface area contributed by atoms with E-state index >= 15 is 0 Å². The first-order valence-electron chi connectivity index (χ1n) is 7.79. The van der Waals surface area contributed by atoms with Crippen LogP contribution in [-0.2, 0) is 0 Å². The molecule has 0 radical (unpaired) electrons. The van der Waals surface area contributed by atoms with Crippen molar-refractivity contribution in [1.29, 1.82) is 0 Å². The van der Waals surface area contributed by atoms with Crippen molar-refractivity contribution in [1.82, 2.24) is 15.3 Å². The summed E-state index contributed by atoms with van der Waals surface area (Å²) in [6.45, 7) is 5.81. The van der Waals surface area contributed by atoms with Crippen LogP contribution in [0.25, 0.3) is 0 Å². The predicted octanol–water partition coefficient (Wildman–Crippen LogP) is 2.38. The lowest BCUT2D eigenvalue weighted by molar-refractivity contribution is 0.0944. The lowest BCUT2D eigenvalue weighted by Gasteiger charge is -2.20. The summed E-state index contributed by atoms with van der Waals surface area (Å²) in [5.74, 6) is 0.524. The Balaban J connectivity index is 2.07. The summed E-state index contributed by atoms with van der Waals surface area (Å²) in [6, 6.07) is 9.90. The normalized spacial score (nSPS) is 13.4. The molecule has 5 nitrogen and oxygen atoms in total. The quantitative estimate of drug-likeness (QED) is 0.858. The van der Waals surface area contributed by atoms with Crippen molar-refractivity contribution < 1.29 is 9.90 Å². The zero-order valence-corrected chi connectivity index (χ0v) is 13.8. The number of aryl methyl sites for hydroxylation is 2. The average molecular weight is 313 g/mol. The Morgan fingerprint density at radius 1 is 1.26 bits per heavy atom. The van der Waals surface area contributed by atoms with Crippen molar-refractivity contribution in [2.45, 2.75) is 39.2 Å². The Labute approximate surface area is 136 Å². The highest BCUT2D eigenvalue weighted by molar-refractivity contribution is 5.94. The molecule has 0 saturated heterocycles. The lowest BCUT2D eigenvalue weighted by atomic mass is 9.93. The van der Waals surface area contributed by atoms with Crippen LogP contribution in [-0.4, -0.2) is 33.6 Å². The molecule has 1 aromatic carbocycles. The van der Waals surface area contributed by atoms with E-state index in [9.17, 15) is 9.90 Å². The number of carbonyl (C=O) groups is 1. The SMILES string of the molecule is Cc1ncc(C(=O)NCC(CC(C)O)c2ccccc2)c(C)n1. The van der Waals surface area contributed by atoms with Crippen molar-refractivity contribution in [2.75, 3.05) is 6.54 Å². The monoisotopic (exact) mass is 313 g/mol. The zero-order chi connectivity index (χ0) is 16.8. The number of benzene rings is 1. The molecule has 0 saturated carbocycles. The molecular weight excluding hydrogens is 290 g/mol. The molecule has 1 aromatic heterocycles. The van der Waals surface area contributed by atoms with E-state index < -0.39 is 6.10 Å². The number of nitrogens with one attached hydrogen (secondary N) is 1. The van der Waals surface area contributed by atoms with Crippen molar-refractivity contribution in [3.05, 3.63) is 59.2 Å². The van der Waals surface area contributed by atoms with Gasteiger partial charge in [0.05, 0.1) is 17.4 Å². The van der Waals surface area contributed by atoms with Crippen LogP contribution in [0.3, 0.4) is 0 Å². The Morgan fingerprint density at radius 2 is 1.96 bits per heavy atom. The smallest absolute Gasteiger partial charge is 0.254 e. The third-order valence-corrected chi connectivity index (χ3v) is 3.75. The first-order valence-corrected chi connectivity index (χ1v) is 7.79. The minimum absolute atomic E-state index is 0.0619. The number of nitrogens with zero attached hydrogens (tertiary/aromatic N) is 2. The maximum Gasteiger partial charge on any atom is 0.254 e. The van der Waals surface area contributed by atoms with Crippen LogP contribution in [0.4, 0.5) is 0 Å². The van der Waals surface area contributed by atoms with E-state index in [4.69, 9.17) is 0 Å². The fraction of sp³-hybridized carbons (Fsp3) is 0.389. The molecule has 0 aliphatic heterocycles. The third kappa shape index (κ3) is 4.86. The maximum atomic E-state index is 12.3. The van der Waals surface area contributed by atoms with E-state index in [0.717, 1.165) is 5.56 Å². The van der Waals surface area contributed by atoms with E-state index in [-0.39, 0.29) is 11.8 Å². The van der Waals surface area contributed by atoms with Gasteiger partial charge in [-0.05, 0) is 32.8 Å². The Bertz CT molecular complexity index is 657. The second-order valence-corrected chi connectivity index (χ2v) is 5.82. The van der Waals surface area contributed by atoms with Crippen molar-refractivity contribution in [3.8, 4) is 0 Å². The van der Waals surface area contributed by atoms with E-state index in [2.05, 4.69) is 15.3 Å². The molecule has 2 unspecified atom stereocenters. The van der Waals surface area contributed by atoms with Crippen molar-refractivity contribution in [3.63, 3.8) is 0 Å². The van der Waals surface area contributed by atoms with E-state index in [1.165, 1.54) is 0 Å². The van der Waals surface area contributed by atoms with Gasteiger partial charge < -0.3 is 10.4 Å². The van der Waals surface area contributed by atoms with E-state index in [1.54, 1.807) is 27.0 Å². The molecule has 2 N–H and O–H groups in total. The van der Waals surface area contributed by atoms with Gasteiger partial charge in [-0.15, -0.1) is 0 Å².